The zero-order valence-electron chi connectivity index (χ0n) is 14.3. The molecule has 0 unspecified atom stereocenters. The minimum atomic E-state index is -3.48. The van der Waals surface area contributed by atoms with Crippen LogP contribution in [0.3, 0.4) is 0 Å². The Hall–Kier alpha value is -2.62. The van der Waals surface area contributed by atoms with Crippen LogP contribution >= 0.6 is 0 Å². The highest BCUT2D eigenvalue weighted by Gasteiger charge is 2.19. The van der Waals surface area contributed by atoms with Gasteiger partial charge in [0.05, 0.1) is 11.8 Å². The number of esters is 1. The Labute approximate surface area is 151 Å². The predicted octanol–water partition coefficient (Wildman–Crippen LogP) is 0.983. The molecule has 0 radical (unpaired) electrons. The van der Waals surface area contributed by atoms with Gasteiger partial charge in [0, 0.05) is 11.7 Å². The summed E-state index contributed by atoms with van der Waals surface area (Å²) in [6, 6.07) is 5.10. The summed E-state index contributed by atoms with van der Waals surface area (Å²) < 4.78 is 29.5. The van der Waals surface area contributed by atoms with Gasteiger partial charge in [-0.3, -0.25) is 14.8 Å². The molecule has 3 N–H and O–H groups in total. The van der Waals surface area contributed by atoms with Crippen molar-refractivity contribution < 1.29 is 27.5 Å². The fourth-order valence-electron chi connectivity index (χ4n) is 2.59. The van der Waals surface area contributed by atoms with E-state index in [0.29, 0.717) is 0 Å². The Morgan fingerprint density at radius 1 is 1.19 bits per heavy atom. The molecule has 0 bridgehead atoms. The number of urea groups is 1. The zero-order chi connectivity index (χ0) is 19.2. The molecule has 1 aromatic rings. The molecule has 0 heterocycles. The smallest absolute Gasteiger partial charge is 0.338 e. The number of imide groups is 1. The lowest BCUT2D eigenvalue weighted by Crippen LogP contribution is -2.44. The summed E-state index contributed by atoms with van der Waals surface area (Å²) in [5.74, 6) is -1.56. The van der Waals surface area contributed by atoms with Crippen LogP contribution in [0.5, 0.6) is 0 Å². The summed E-state index contributed by atoms with van der Waals surface area (Å²) in [5.41, 5.74) is 0.268. The molecule has 0 aliphatic heterocycles. The van der Waals surface area contributed by atoms with E-state index in [1.807, 2.05) is 0 Å². The van der Waals surface area contributed by atoms with Crippen molar-refractivity contribution in [2.45, 2.75) is 31.7 Å². The largest absolute Gasteiger partial charge is 0.452 e. The second-order valence-electron chi connectivity index (χ2n) is 6.03. The summed E-state index contributed by atoms with van der Waals surface area (Å²) in [4.78, 5) is 35.3. The van der Waals surface area contributed by atoms with Crippen molar-refractivity contribution in [2.75, 3.05) is 17.6 Å². The third-order valence-corrected chi connectivity index (χ3v) is 4.29. The number of anilines is 1. The van der Waals surface area contributed by atoms with Crippen molar-refractivity contribution >= 4 is 33.6 Å². The van der Waals surface area contributed by atoms with Crippen molar-refractivity contribution in [3.05, 3.63) is 29.8 Å². The highest BCUT2D eigenvalue weighted by molar-refractivity contribution is 7.92. The molecule has 9 nitrogen and oxygen atoms in total. The van der Waals surface area contributed by atoms with Crippen LogP contribution in [-0.4, -0.2) is 45.2 Å². The molecule has 2 rings (SSSR count). The minimum absolute atomic E-state index is 0.0652. The molecule has 0 atom stereocenters. The van der Waals surface area contributed by atoms with Crippen LogP contribution in [0.15, 0.2) is 24.3 Å². The van der Waals surface area contributed by atoms with E-state index in [9.17, 15) is 22.8 Å². The summed E-state index contributed by atoms with van der Waals surface area (Å²) in [5, 5.41) is 4.78. The standard InChI is InChI=1S/C16H21N3O6S/c1-26(23,24)19-13-8-4-5-11(9-13)15(21)25-10-14(20)18-16(22)17-12-6-2-3-7-12/h4-5,8-9,12,19H,2-3,6-7,10H2,1H3,(H2,17,18,20,22). The van der Waals surface area contributed by atoms with E-state index in [4.69, 9.17) is 4.74 Å². The number of benzene rings is 1. The van der Waals surface area contributed by atoms with Crippen molar-refractivity contribution in [1.82, 2.24) is 10.6 Å². The lowest BCUT2D eigenvalue weighted by molar-refractivity contribution is -0.123. The van der Waals surface area contributed by atoms with Gasteiger partial charge in [-0.1, -0.05) is 18.9 Å². The van der Waals surface area contributed by atoms with Crippen LogP contribution in [0.4, 0.5) is 10.5 Å². The van der Waals surface area contributed by atoms with E-state index < -0.39 is 34.5 Å². The van der Waals surface area contributed by atoms with Gasteiger partial charge in [-0.05, 0) is 31.0 Å². The third kappa shape index (κ3) is 6.71. The molecule has 0 aromatic heterocycles. The number of hydrogen-bond acceptors (Lipinski definition) is 6. The van der Waals surface area contributed by atoms with Gasteiger partial charge in [-0.2, -0.15) is 0 Å². The predicted molar refractivity (Wildman–Crippen MR) is 94.1 cm³/mol. The van der Waals surface area contributed by atoms with E-state index in [2.05, 4.69) is 15.4 Å². The fourth-order valence-corrected chi connectivity index (χ4v) is 3.15. The molecule has 0 saturated heterocycles. The first-order valence-corrected chi connectivity index (χ1v) is 9.97. The van der Waals surface area contributed by atoms with Gasteiger partial charge in [-0.15, -0.1) is 0 Å². The van der Waals surface area contributed by atoms with Gasteiger partial charge in [0.25, 0.3) is 5.91 Å². The Bertz CT molecular complexity index is 787. The van der Waals surface area contributed by atoms with Crippen molar-refractivity contribution in [2.24, 2.45) is 0 Å². The molecule has 3 amide bonds. The Kier molecular flexibility index (Phi) is 6.56. The van der Waals surface area contributed by atoms with Crippen molar-refractivity contribution in [1.29, 1.82) is 0 Å². The molecule has 1 aromatic carbocycles. The molecule has 142 valence electrons. The van der Waals surface area contributed by atoms with E-state index >= 15 is 0 Å². The number of sulfonamides is 1. The molecule has 1 aliphatic rings. The van der Waals surface area contributed by atoms with E-state index in [-0.39, 0.29) is 17.3 Å². The first-order chi connectivity index (χ1) is 12.2. The number of amides is 3. The van der Waals surface area contributed by atoms with E-state index in [1.54, 1.807) is 0 Å². The number of rotatable bonds is 6. The molecular weight excluding hydrogens is 362 g/mol. The summed E-state index contributed by atoms with van der Waals surface area (Å²) in [6.45, 7) is -0.624. The number of carbonyl (C=O) groups excluding carboxylic acids is 3. The first kappa shape index (κ1) is 19.7. The van der Waals surface area contributed by atoms with Gasteiger partial charge < -0.3 is 10.1 Å². The lowest BCUT2D eigenvalue weighted by atomic mass is 10.2. The van der Waals surface area contributed by atoms with Crippen LogP contribution in [0.25, 0.3) is 0 Å². The number of ether oxygens (including phenoxy) is 1. The van der Waals surface area contributed by atoms with Gasteiger partial charge in [0.15, 0.2) is 6.61 Å². The highest BCUT2D eigenvalue weighted by atomic mass is 32.2. The van der Waals surface area contributed by atoms with Gasteiger partial charge in [0.1, 0.15) is 0 Å². The molecule has 1 aliphatic carbocycles. The summed E-state index contributed by atoms with van der Waals surface area (Å²) >= 11 is 0. The van der Waals surface area contributed by atoms with Gasteiger partial charge in [0.2, 0.25) is 10.0 Å². The van der Waals surface area contributed by atoms with Crippen LogP contribution in [0.2, 0.25) is 0 Å². The fraction of sp³-hybridized carbons (Fsp3) is 0.438. The number of carbonyl (C=O) groups is 3. The van der Waals surface area contributed by atoms with Crippen molar-refractivity contribution in [3.8, 4) is 0 Å². The Morgan fingerprint density at radius 3 is 2.54 bits per heavy atom. The van der Waals surface area contributed by atoms with Crippen LogP contribution in [-0.2, 0) is 19.6 Å². The monoisotopic (exact) mass is 383 g/mol. The Balaban J connectivity index is 1.81. The second kappa shape index (κ2) is 8.65. The zero-order valence-corrected chi connectivity index (χ0v) is 15.1. The molecule has 0 spiro atoms. The maximum absolute atomic E-state index is 12.0. The van der Waals surface area contributed by atoms with E-state index in [0.717, 1.165) is 31.9 Å². The SMILES string of the molecule is CS(=O)(=O)Nc1cccc(C(=O)OCC(=O)NC(=O)NC2CCCC2)c1. The summed E-state index contributed by atoms with van der Waals surface area (Å²) in [7, 11) is -3.48. The molecule has 1 saturated carbocycles. The van der Waals surface area contributed by atoms with Crippen LogP contribution in [0, 0.1) is 0 Å². The lowest BCUT2D eigenvalue weighted by Gasteiger charge is -2.12. The normalized spacial score (nSPS) is 14.5. The average Bonchev–Trinajstić information content (AvgIpc) is 3.04. The Morgan fingerprint density at radius 2 is 1.88 bits per heavy atom. The maximum Gasteiger partial charge on any atom is 0.338 e. The third-order valence-electron chi connectivity index (χ3n) is 3.68. The molecule has 1 fully saturated rings. The number of hydrogen-bond donors (Lipinski definition) is 3. The van der Waals surface area contributed by atoms with Crippen molar-refractivity contribution in [3.63, 3.8) is 0 Å². The quantitative estimate of drug-likeness (QED) is 0.628. The molecule has 26 heavy (non-hydrogen) atoms. The van der Waals surface area contributed by atoms with Crippen LogP contribution in [0.1, 0.15) is 36.0 Å². The first-order valence-electron chi connectivity index (χ1n) is 8.08. The summed E-state index contributed by atoms with van der Waals surface area (Å²) in [6.07, 6.45) is 4.84. The highest BCUT2D eigenvalue weighted by Crippen LogP contribution is 2.17. The second-order valence-corrected chi connectivity index (χ2v) is 7.78. The molecular formula is C16H21N3O6S. The van der Waals surface area contributed by atoms with Crippen LogP contribution < -0.4 is 15.4 Å². The van der Waals surface area contributed by atoms with Gasteiger partial charge in [-0.25, -0.2) is 18.0 Å². The average molecular weight is 383 g/mol. The number of nitrogens with one attached hydrogen (secondary N) is 3. The minimum Gasteiger partial charge on any atom is -0.452 e. The van der Waals surface area contributed by atoms with E-state index in [1.165, 1.54) is 24.3 Å². The molecule has 10 heteroatoms. The van der Waals surface area contributed by atoms with Gasteiger partial charge >= 0.3 is 12.0 Å². The topological polar surface area (TPSA) is 131 Å². The maximum atomic E-state index is 12.0.